The number of unbranched alkanes of at least 4 members (excludes halogenated alkanes) is 4. The van der Waals surface area contributed by atoms with Crippen molar-refractivity contribution in [3.63, 3.8) is 0 Å². The van der Waals surface area contributed by atoms with Crippen molar-refractivity contribution in [3.8, 4) is 0 Å². The summed E-state index contributed by atoms with van der Waals surface area (Å²) in [7, 11) is 5.50. The van der Waals surface area contributed by atoms with Gasteiger partial charge in [-0.05, 0) is 25.3 Å². The van der Waals surface area contributed by atoms with E-state index < -0.39 is 5.91 Å². The lowest BCUT2D eigenvalue weighted by Gasteiger charge is -2.37. The molecule has 0 radical (unpaired) electrons. The summed E-state index contributed by atoms with van der Waals surface area (Å²) in [5.74, 6) is -1.36. The van der Waals surface area contributed by atoms with E-state index in [9.17, 15) is 9.90 Å². The second-order valence-corrected chi connectivity index (χ2v) is 7.32. The molecule has 1 amide bonds. The molecule has 7 heteroatoms. The fourth-order valence-corrected chi connectivity index (χ4v) is 3.86. The fourth-order valence-electron chi connectivity index (χ4n) is 2.99. The molecule has 0 aliphatic rings. The van der Waals surface area contributed by atoms with E-state index in [2.05, 4.69) is 12.2 Å². The van der Waals surface area contributed by atoms with E-state index in [1.807, 2.05) is 0 Å². The first-order chi connectivity index (χ1) is 12.0. The van der Waals surface area contributed by atoms with Gasteiger partial charge in [0.1, 0.15) is 6.10 Å². The van der Waals surface area contributed by atoms with Gasteiger partial charge in [0.25, 0.3) is 5.91 Å². The smallest absolute Gasteiger partial charge is 0.278 e. The van der Waals surface area contributed by atoms with Crippen LogP contribution in [0.25, 0.3) is 0 Å². The zero-order chi connectivity index (χ0) is 19.1. The summed E-state index contributed by atoms with van der Waals surface area (Å²) in [6.45, 7) is 2.18. The maximum atomic E-state index is 12.2. The summed E-state index contributed by atoms with van der Waals surface area (Å²) >= 11 is 0. The number of hydrogen-bond acceptors (Lipinski definition) is 5. The van der Waals surface area contributed by atoms with Gasteiger partial charge in [-0.1, -0.05) is 39.0 Å². The minimum atomic E-state index is -1.23. The van der Waals surface area contributed by atoms with Crippen molar-refractivity contribution in [2.45, 2.75) is 88.9 Å². The number of ether oxygens (including phenoxy) is 3. The van der Waals surface area contributed by atoms with Gasteiger partial charge in [-0.2, -0.15) is 0 Å². The van der Waals surface area contributed by atoms with E-state index in [0.29, 0.717) is 6.42 Å². The Labute approximate surface area is 156 Å². The summed E-state index contributed by atoms with van der Waals surface area (Å²) < 4.78 is 16.2. The van der Waals surface area contributed by atoms with E-state index in [-0.39, 0.29) is 18.1 Å². The van der Waals surface area contributed by atoms with Crippen molar-refractivity contribution < 1.29 is 24.1 Å². The SMILES string of the molecule is CCCCCCC(O)CCCCC(=O)NC(OC)(OC)C(C[SiH3])OC. The molecule has 6 nitrogen and oxygen atoms in total. The molecule has 0 saturated heterocycles. The number of amides is 1. The third-order valence-electron chi connectivity index (χ3n) is 4.58. The van der Waals surface area contributed by atoms with Gasteiger partial charge in [0.05, 0.1) is 6.10 Å². The second kappa shape index (κ2) is 14.7. The number of aliphatic hydroxyl groups is 1. The summed E-state index contributed by atoms with van der Waals surface area (Å²) in [6, 6.07) is 0.780. The first kappa shape index (κ1) is 24.5. The summed E-state index contributed by atoms with van der Waals surface area (Å²) in [4.78, 5) is 12.2. The van der Waals surface area contributed by atoms with Crippen molar-refractivity contribution in [2.75, 3.05) is 21.3 Å². The van der Waals surface area contributed by atoms with Crippen LogP contribution in [0.3, 0.4) is 0 Å². The lowest BCUT2D eigenvalue weighted by molar-refractivity contribution is -0.275. The summed E-state index contributed by atoms with van der Waals surface area (Å²) in [5.41, 5.74) is 0. The van der Waals surface area contributed by atoms with Gasteiger partial charge in [-0.15, -0.1) is 0 Å². The van der Waals surface area contributed by atoms with Crippen LogP contribution in [0.4, 0.5) is 0 Å². The van der Waals surface area contributed by atoms with E-state index in [0.717, 1.165) is 48.4 Å². The molecule has 0 fully saturated rings. The summed E-state index contributed by atoms with van der Waals surface area (Å²) in [5, 5.41) is 12.8. The van der Waals surface area contributed by atoms with Crippen molar-refractivity contribution >= 4 is 16.1 Å². The first-order valence-corrected chi connectivity index (χ1v) is 11.0. The quantitative estimate of drug-likeness (QED) is 0.243. The number of carbonyl (C=O) groups is 1. The molecular weight excluding hydrogens is 338 g/mol. The molecule has 0 saturated carbocycles. The third kappa shape index (κ3) is 9.70. The molecule has 2 unspecified atom stereocenters. The Kier molecular flexibility index (Phi) is 14.4. The molecule has 0 aromatic heterocycles. The lowest BCUT2D eigenvalue weighted by Crippen LogP contribution is -2.60. The maximum absolute atomic E-state index is 12.2. The Morgan fingerprint density at radius 3 is 2.16 bits per heavy atom. The monoisotopic (exact) mass is 377 g/mol. The van der Waals surface area contributed by atoms with Crippen LogP contribution in [-0.2, 0) is 19.0 Å². The highest BCUT2D eigenvalue weighted by Gasteiger charge is 2.40. The van der Waals surface area contributed by atoms with Crippen LogP contribution in [0.2, 0.25) is 6.04 Å². The number of aliphatic hydroxyl groups excluding tert-OH is 1. The van der Waals surface area contributed by atoms with Crippen LogP contribution < -0.4 is 5.32 Å². The average molecular weight is 378 g/mol. The highest BCUT2D eigenvalue weighted by Crippen LogP contribution is 2.19. The molecule has 0 spiro atoms. The zero-order valence-electron chi connectivity index (χ0n) is 16.8. The van der Waals surface area contributed by atoms with E-state index >= 15 is 0 Å². The molecule has 0 rings (SSSR count). The standard InChI is InChI=1S/C18H39NO5Si/c1-5-6-7-8-11-15(20)12-9-10-13-17(21)19-18(23-3,24-4)16(14-25)22-2/h15-16,20H,5-14H2,1-4,25H3,(H,19,21). The lowest BCUT2D eigenvalue weighted by atomic mass is 10.0. The highest BCUT2D eigenvalue weighted by atomic mass is 28.1. The van der Waals surface area contributed by atoms with Crippen LogP contribution >= 0.6 is 0 Å². The Balaban J connectivity index is 4.12. The van der Waals surface area contributed by atoms with Crippen molar-refractivity contribution in [1.29, 1.82) is 0 Å². The van der Waals surface area contributed by atoms with E-state index in [4.69, 9.17) is 14.2 Å². The maximum Gasteiger partial charge on any atom is 0.278 e. The van der Waals surface area contributed by atoms with Crippen LogP contribution in [0.5, 0.6) is 0 Å². The Morgan fingerprint density at radius 2 is 1.68 bits per heavy atom. The van der Waals surface area contributed by atoms with Crippen molar-refractivity contribution in [3.05, 3.63) is 0 Å². The molecule has 25 heavy (non-hydrogen) atoms. The van der Waals surface area contributed by atoms with Gasteiger partial charge >= 0.3 is 0 Å². The number of methoxy groups -OCH3 is 3. The highest BCUT2D eigenvalue weighted by molar-refractivity contribution is 6.09. The molecular formula is C18H39NO5Si. The topological polar surface area (TPSA) is 77.0 Å². The minimum absolute atomic E-state index is 0.127. The third-order valence-corrected chi connectivity index (χ3v) is 5.32. The van der Waals surface area contributed by atoms with Gasteiger partial charge in [0.2, 0.25) is 5.91 Å². The van der Waals surface area contributed by atoms with Crippen molar-refractivity contribution in [2.24, 2.45) is 0 Å². The second-order valence-electron chi connectivity index (χ2n) is 6.51. The first-order valence-electron chi connectivity index (χ1n) is 9.61. The number of hydrogen-bond donors (Lipinski definition) is 2. The summed E-state index contributed by atoms with van der Waals surface area (Å²) in [6.07, 6.45) is 7.70. The minimum Gasteiger partial charge on any atom is -0.393 e. The van der Waals surface area contributed by atoms with Crippen molar-refractivity contribution in [1.82, 2.24) is 5.32 Å². The molecule has 2 atom stereocenters. The molecule has 0 aliphatic heterocycles. The average Bonchev–Trinajstić information content (AvgIpc) is 2.62. The van der Waals surface area contributed by atoms with Crippen LogP contribution in [0.15, 0.2) is 0 Å². The molecule has 0 aromatic carbocycles. The van der Waals surface area contributed by atoms with Crippen LogP contribution in [0, 0.1) is 0 Å². The van der Waals surface area contributed by atoms with Crippen LogP contribution in [0.1, 0.15) is 64.7 Å². The molecule has 150 valence electrons. The Hall–Kier alpha value is -0.473. The molecule has 0 aromatic rings. The van der Waals surface area contributed by atoms with Gasteiger partial charge in [0.15, 0.2) is 0 Å². The molecule has 2 N–H and O–H groups in total. The van der Waals surface area contributed by atoms with Crippen LogP contribution in [-0.4, -0.2) is 60.7 Å². The van der Waals surface area contributed by atoms with E-state index in [1.54, 1.807) is 7.11 Å². The molecule has 0 bridgehead atoms. The predicted octanol–water partition coefficient (Wildman–Crippen LogP) is 1.74. The van der Waals surface area contributed by atoms with Gasteiger partial charge in [-0.25, -0.2) is 0 Å². The number of carbonyl (C=O) groups excluding carboxylic acids is 1. The number of rotatable bonds is 16. The number of nitrogens with one attached hydrogen (secondary N) is 1. The predicted molar refractivity (Wildman–Crippen MR) is 104 cm³/mol. The largest absolute Gasteiger partial charge is 0.393 e. The van der Waals surface area contributed by atoms with Gasteiger partial charge in [0, 0.05) is 38.0 Å². The normalized spacial score (nSPS) is 14.4. The van der Waals surface area contributed by atoms with E-state index in [1.165, 1.54) is 33.5 Å². The Morgan fingerprint density at radius 1 is 1.08 bits per heavy atom. The zero-order valence-corrected chi connectivity index (χ0v) is 18.8. The Bertz CT molecular complexity index is 335. The van der Waals surface area contributed by atoms with Gasteiger partial charge < -0.3 is 24.6 Å². The molecule has 0 aliphatic carbocycles. The van der Waals surface area contributed by atoms with Gasteiger partial charge in [-0.3, -0.25) is 4.79 Å². The molecule has 0 heterocycles. The fraction of sp³-hybridized carbons (Fsp3) is 0.944.